The summed E-state index contributed by atoms with van der Waals surface area (Å²) in [7, 11) is 0. The number of amides is 2. The van der Waals surface area contributed by atoms with Gasteiger partial charge in [-0.05, 0) is 36.8 Å². The van der Waals surface area contributed by atoms with Crippen LogP contribution >= 0.6 is 0 Å². The molecule has 0 bridgehead atoms. The molecule has 0 saturated heterocycles. The molecule has 0 heterocycles. The lowest BCUT2D eigenvalue weighted by Gasteiger charge is -2.19. The van der Waals surface area contributed by atoms with Crippen molar-refractivity contribution in [3.8, 4) is 0 Å². The molecule has 1 fully saturated rings. The predicted octanol–water partition coefficient (Wildman–Crippen LogP) is 4.53. The van der Waals surface area contributed by atoms with Gasteiger partial charge in [-0.2, -0.15) is 0 Å². The second-order valence-corrected chi connectivity index (χ2v) is 5.88. The minimum atomic E-state index is -0.165. The number of hydrogen-bond donors (Lipinski definition) is 2. The van der Waals surface area contributed by atoms with Crippen molar-refractivity contribution in [1.29, 1.82) is 0 Å². The van der Waals surface area contributed by atoms with E-state index in [2.05, 4.69) is 10.6 Å². The van der Waals surface area contributed by atoms with Crippen molar-refractivity contribution >= 4 is 6.03 Å². The topological polar surface area (TPSA) is 41.1 Å². The van der Waals surface area contributed by atoms with Crippen LogP contribution in [0, 0.1) is 0 Å². The summed E-state index contributed by atoms with van der Waals surface area (Å²) in [5, 5.41) is 5.96. The van der Waals surface area contributed by atoms with Crippen molar-refractivity contribution in [2.24, 2.45) is 0 Å². The zero-order valence-electron chi connectivity index (χ0n) is 13.2. The Morgan fingerprint density at radius 1 is 0.870 bits per heavy atom. The summed E-state index contributed by atoms with van der Waals surface area (Å²) >= 11 is 0. The van der Waals surface area contributed by atoms with Crippen LogP contribution in [0.3, 0.4) is 0 Å². The van der Waals surface area contributed by atoms with E-state index in [4.69, 9.17) is 0 Å². The lowest BCUT2D eigenvalue weighted by atomic mass is 9.99. The van der Waals surface area contributed by atoms with Crippen LogP contribution in [0.4, 0.5) is 4.79 Å². The van der Waals surface area contributed by atoms with Crippen LogP contribution in [0.25, 0.3) is 0 Å². The summed E-state index contributed by atoms with van der Waals surface area (Å²) in [5.41, 5.74) is 3.47. The average molecular weight is 306 g/mol. The number of rotatable bonds is 4. The molecule has 2 amide bonds. The standard InChI is InChI=1S/C20H22N2O/c23-20(21-15-16-9-7-8-10-16)22-19(17-11-3-1-4-12-17)18-13-5-2-6-14-18/h1-6,11-15,19H,7-10H2,(H2,21,22,23). The van der Waals surface area contributed by atoms with Gasteiger partial charge in [0.1, 0.15) is 0 Å². The fourth-order valence-corrected chi connectivity index (χ4v) is 2.96. The molecule has 0 atom stereocenters. The third kappa shape index (κ3) is 4.22. The molecular formula is C20H22N2O. The van der Waals surface area contributed by atoms with Gasteiger partial charge in [-0.1, -0.05) is 66.2 Å². The molecule has 118 valence electrons. The second kappa shape index (κ2) is 7.63. The number of nitrogens with one attached hydrogen (secondary N) is 2. The first-order valence-electron chi connectivity index (χ1n) is 8.18. The molecule has 2 aromatic carbocycles. The molecule has 1 saturated carbocycles. The van der Waals surface area contributed by atoms with E-state index in [-0.39, 0.29) is 12.1 Å². The maximum Gasteiger partial charge on any atom is 0.319 e. The quantitative estimate of drug-likeness (QED) is 0.856. The van der Waals surface area contributed by atoms with Gasteiger partial charge in [-0.15, -0.1) is 0 Å². The van der Waals surface area contributed by atoms with E-state index in [9.17, 15) is 4.79 Å². The van der Waals surface area contributed by atoms with E-state index in [1.54, 1.807) is 0 Å². The fraction of sp³-hybridized carbons (Fsp3) is 0.250. The molecule has 3 rings (SSSR count). The van der Waals surface area contributed by atoms with Crippen molar-refractivity contribution in [1.82, 2.24) is 10.6 Å². The van der Waals surface area contributed by atoms with Crippen molar-refractivity contribution in [3.05, 3.63) is 83.6 Å². The minimum absolute atomic E-state index is 0.153. The summed E-state index contributed by atoms with van der Waals surface area (Å²) < 4.78 is 0. The summed E-state index contributed by atoms with van der Waals surface area (Å²) in [6.45, 7) is 0. The molecule has 3 nitrogen and oxygen atoms in total. The minimum Gasteiger partial charge on any atom is -0.327 e. The number of allylic oxidation sites excluding steroid dienone is 1. The lowest BCUT2D eigenvalue weighted by Crippen LogP contribution is -2.36. The van der Waals surface area contributed by atoms with Gasteiger partial charge in [-0.25, -0.2) is 4.79 Å². The van der Waals surface area contributed by atoms with Crippen molar-refractivity contribution < 1.29 is 4.79 Å². The van der Waals surface area contributed by atoms with Gasteiger partial charge in [0, 0.05) is 6.20 Å². The molecule has 0 radical (unpaired) electrons. The highest BCUT2D eigenvalue weighted by Crippen LogP contribution is 2.23. The Morgan fingerprint density at radius 3 is 1.91 bits per heavy atom. The lowest BCUT2D eigenvalue weighted by molar-refractivity contribution is 0.242. The normalized spacial score (nSPS) is 13.9. The van der Waals surface area contributed by atoms with Gasteiger partial charge in [0.2, 0.25) is 0 Å². The number of urea groups is 1. The van der Waals surface area contributed by atoms with Crippen molar-refractivity contribution in [2.75, 3.05) is 0 Å². The number of benzene rings is 2. The van der Waals surface area contributed by atoms with Crippen LogP contribution < -0.4 is 10.6 Å². The van der Waals surface area contributed by atoms with E-state index < -0.39 is 0 Å². The molecule has 2 aromatic rings. The van der Waals surface area contributed by atoms with Gasteiger partial charge in [0.25, 0.3) is 0 Å². The summed E-state index contributed by atoms with van der Waals surface area (Å²) in [5.74, 6) is 0. The predicted molar refractivity (Wildman–Crippen MR) is 92.9 cm³/mol. The highest BCUT2D eigenvalue weighted by molar-refractivity contribution is 5.76. The molecule has 1 aliphatic carbocycles. The van der Waals surface area contributed by atoms with E-state index in [1.807, 2.05) is 66.9 Å². The second-order valence-electron chi connectivity index (χ2n) is 5.88. The highest BCUT2D eigenvalue weighted by atomic mass is 16.2. The molecule has 3 heteroatoms. The molecular weight excluding hydrogens is 284 g/mol. The maximum absolute atomic E-state index is 12.3. The monoisotopic (exact) mass is 306 g/mol. The van der Waals surface area contributed by atoms with Gasteiger partial charge in [0.15, 0.2) is 0 Å². The first-order valence-corrected chi connectivity index (χ1v) is 8.18. The van der Waals surface area contributed by atoms with E-state index in [1.165, 1.54) is 18.4 Å². The van der Waals surface area contributed by atoms with Crippen molar-refractivity contribution in [2.45, 2.75) is 31.7 Å². The van der Waals surface area contributed by atoms with Crippen LogP contribution in [0.2, 0.25) is 0 Å². The molecule has 0 aliphatic heterocycles. The third-order valence-electron chi connectivity index (χ3n) is 4.19. The molecule has 2 N–H and O–H groups in total. The maximum atomic E-state index is 12.3. The summed E-state index contributed by atoms with van der Waals surface area (Å²) in [4.78, 5) is 12.3. The zero-order chi connectivity index (χ0) is 15.9. The Labute approximate surface area is 137 Å². The SMILES string of the molecule is O=C(NC=C1CCCC1)NC(c1ccccc1)c1ccccc1. The third-order valence-corrected chi connectivity index (χ3v) is 4.19. The molecule has 1 aliphatic rings. The first-order chi connectivity index (χ1) is 11.3. The van der Waals surface area contributed by atoms with Crippen LogP contribution in [0.5, 0.6) is 0 Å². The number of carbonyl (C=O) groups is 1. The fourth-order valence-electron chi connectivity index (χ4n) is 2.96. The summed E-state index contributed by atoms with van der Waals surface area (Å²) in [6.07, 6.45) is 6.52. The van der Waals surface area contributed by atoms with Crippen LogP contribution in [0.1, 0.15) is 42.9 Å². The average Bonchev–Trinajstić information content (AvgIpc) is 3.13. The zero-order valence-corrected chi connectivity index (χ0v) is 13.2. The Hall–Kier alpha value is -2.55. The Balaban J connectivity index is 1.73. The Kier molecular flexibility index (Phi) is 5.09. The first kappa shape index (κ1) is 15.3. The molecule has 0 unspecified atom stereocenters. The van der Waals surface area contributed by atoms with Crippen LogP contribution in [0.15, 0.2) is 72.4 Å². The molecule has 0 aromatic heterocycles. The number of carbonyl (C=O) groups excluding carboxylic acids is 1. The van der Waals surface area contributed by atoms with Gasteiger partial charge in [-0.3, -0.25) is 0 Å². The van der Waals surface area contributed by atoms with E-state index in [0.717, 1.165) is 24.0 Å². The number of hydrogen-bond acceptors (Lipinski definition) is 1. The van der Waals surface area contributed by atoms with E-state index in [0.29, 0.717) is 0 Å². The van der Waals surface area contributed by atoms with Gasteiger partial charge in [0.05, 0.1) is 6.04 Å². The molecule has 23 heavy (non-hydrogen) atoms. The Bertz CT molecular complexity index is 617. The molecule has 0 spiro atoms. The smallest absolute Gasteiger partial charge is 0.319 e. The Morgan fingerprint density at radius 2 is 1.39 bits per heavy atom. The summed E-state index contributed by atoms with van der Waals surface area (Å²) in [6, 6.07) is 19.8. The van der Waals surface area contributed by atoms with Gasteiger partial charge < -0.3 is 10.6 Å². The van der Waals surface area contributed by atoms with Gasteiger partial charge >= 0.3 is 6.03 Å². The van der Waals surface area contributed by atoms with Crippen molar-refractivity contribution in [3.63, 3.8) is 0 Å². The van der Waals surface area contributed by atoms with Crippen LogP contribution in [-0.2, 0) is 0 Å². The van der Waals surface area contributed by atoms with E-state index >= 15 is 0 Å². The highest BCUT2D eigenvalue weighted by Gasteiger charge is 2.16. The van der Waals surface area contributed by atoms with Crippen LogP contribution in [-0.4, -0.2) is 6.03 Å². The largest absolute Gasteiger partial charge is 0.327 e.